The molecule has 1 aliphatic heterocycles. The maximum atomic E-state index is 10.1. The molecular weight excluding hydrogens is 268 g/mol. The van der Waals surface area contributed by atoms with Crippen molar-refractivity contribution in [2.24, 2.45) is 5.73 Å². The molecule has 0 spiro atoms. The summed E-state index contributed by atoms with van der Waals surface area (Å²) in [6, 6.07) is 7.64. The maximum absolute atomic E-state index is 10.1. The van der Waals surface area contributed by atoms with E-state index in [1.165, 1.54) is 0 Å². The minimum absolute atomic E-state index is 0.214. The lowest BCUT2D eigenvalue weighted by Crippen LogP contribution is -2.48. The highest BCUT2D eigenvalue weighted by Crippen LogP contribution is 2.13. The van der Waals surface area contributed by atoms with Gasteiger partial charge < -0.3 is 20.3 Å². The largest absolute Gasteiger partial charge is 0.491 e. The van der Waals surface area contributed by atoms with E-state index in [4.69, 9.17) is 15.2 Å². The van der Waals surface area contributed by atoms with Crippen LogP contribution in [0.4, 0.5) is 0 Å². The first-order valence-electron chi connectivity index (χ1n) is 7.54. The number of rotatable bonds is 6. The zero-order chi connectivity index (χ0) is 15.2. The molecular formula is C16H26N2O3. The Morgan fingerprint density at radius 2 is 1.90 bits per heavy atom. The molecule has 0 amide bonds. The summed E-state index contributed by atoms with van der Waals surface area (Å²) in [5.41, 5.74) is 6.62. The molecule has 5 nitrogen and oxygen atoms in total. The summed E-state index contributed by atoms with van der Waals surface area (Å²) in [5, 5.41) is 10.1. The van der Waals surface area contributed by atoms with E-state index in [9.17, 15) is 5.11 Å². The van der Waals surface area contributed by atoms with Gasteiger partial charge in [-0.25, -0.2) is 0 Å². The Kier molecular flexibility index (Phi) is 5.99. The van der Waals surface area contributed by atoms with Crippen LogP contribution in [-0.2, 0) is 11.3 Å². The number of nitrogens with zero attached hydrogens (tertiary/aromatic N) is 1. The van der Waals surface area contributed by atoms with Gasteiger partial charge >= 0.3 is 0 Å². The fourth-order valence-corrected chi connectivity index (χ4v) is 2.70. The molecule has 0 aromatic heterocycles. The normalized spacial score (nSPS) is 24.8. The number of morpholine rings is 1. The van der Waals surface area contributed by atoms with Gasteiger partial charge in [0.25, 0.3) is 0 Å². The molecule has 1 fully saturated rings. The zero-order valence-electron chi connectivity index (χ0n) is 12.9. The summed E-state index contributed by atoms with van der Waals surface area (Å²) in [5.74, 6) is 0.759. The molecule has 21 heavy (non-hydrogen) atoms. The Morgan fingerprint density at radius 1 is 1.29 bits per heavy atom. The molecule has 1 heterocycles. The molecule has 0 radical (unpaired) electrons. The third kappa shape index (κ3) is 5.28. The van der Waals surface area contributed by atoms with E-state index in [0.717, 1.165) is 24.4 Å². The van der Waals surface area contributed by atoms with Crippen molar-refractivity contribution in [1.29, 1.82) is 0 Å². The predicted octanol–water partition coefficient (Wildman–Crippen LogP) is 0.994. The lowest BCUT2D eigenvalue weighted by Gasteiger charge is -2.36. The monoisotopic (exact) mass is 294 g/mol. The quantitative estimate of drug-likeness (QED) is 0.819. The first-order chi connectivity index (χ1) is 10.1. The molecule has 0 saturated carbocycles. The average molecular weight is 294 g/mol. The summed E-state index contributed by atoms with van der Waals surface area (Å²) < 4.78 is 11.3. The van der Waals surface area contributed by atoms with Crippen molar-refractivity contribution in [3.05, 3.63) is 29.8 Å². The summed E-state index contributed by atoms with van der Waals surface area (Å²) in [7, 11) is 0. The van der Waals surface area contributed by atoms with E-state index in [-0.39, 0.29) is 12.2 Å². The molecule has 1 aliphatic rings. The molecule has 5 heteroatoms. The van der Waals surface area contributed by atoms with Crippen molar-refractivity contribution in [3.8, 4) is 5.75 Å². The van der Waals surface area contributed by atoms with E-state index in [1.54, 1.807) is 0 Å². The molecule has 3 N–H and O–H groups in total. The minimum Gasteiger partial charge on any atom is -0.491 e. The number of aliphatic hydroxyl groups is 1. The third-order valence-electron chi connectivity index (χ3n) is 3.57. The Labute approximate surface area is 126 Å². The van der Waals surface area contributed by atoms with Crippen LogP contribution in [0.3, 0.4) is 0 Å². The predicted molar refractivity (Wildman–Crippen MR) is 82.3 cm³/mol. The smallest absolute Gasteiger partial charge is 0.119 e. The topological polar surface area (TPSA) is 68.0 Å². The second kappa shape index (κ2) is 7.75. The van der Waals surface area contributed by atoms with Crippen LogP contribution in [0.5, 0.6) is 5.75 Å². The molecule has 1 unspecified atom stereocenters. The van der Waals surface area contributed by atoms with Crippen LogP contribution >= 0.6 is 0 Å². The van der Waals surface area contributed by atoms with Gasteiger partial charge in [-0.15, -0.1) is 0 Å². The van der Waals surface area contributed by atoms with Crippen LogP contribution in [0.25, 0.3) is 0 Å². The van der Waals surface area contributed by atoms with Crippen molar-refractivity contribution in [1.82, 2.24) is 4.90 Å². The first kappa shape index (κ1) is 16.2. The second-order valence-corrected chi connectivity index (χ2v) is 5.79. The first-order valence-corrected chi connectivity index (χ1v) is 7.54. The number of benzene rings is 1. The van der Waals surface area contributed by atoms with E-state index < -0.39 is 6.10 Å². The van der Waals surface area contributed by atoms with Crippen LogP contribution < -0.4 is 10.5 Å². The van der Waals surface area contributed by atoms with Gasteiger partial charge in [0, 0.05) is 26.2 Å². The molecule has 3 atom stereocenters. The van der Waals surface area contributed by atoms with Crippen molar-refractivity contribution < 1.29 is 14.6 Å². The summed E-state index contributed by atoms with van der Waals surface area (Å²) in [6.07, 6.45) is -0.0759. The van der Waals surface area contributed by atoms with E-state index in [2.05, 4.69) is 18.7 Å². The fourth-order valence-electron chi connectivity index (χ4n) is 2.70. The second-order valence-electron chi connectivity index (χ2n) is 5.79. The molecule has 1 saturated heterocycles. The molecule has 0 aliphatic carbocycles. The Morgan fingerprint density at radius 3 is 2.48 bits per heavy atom. The number of aliphatic hydroxyl groups excluding tert-OH is 1. The highest BCUT2D eigenvalue weighted by Gasteiger charge is 2.23. The molecule has 0 bridgehead atoms. The highest BCUT2D eigenvalue weighted by molar-refractivity contribution is 5.27. The van der Waals surface area contributed by atoms with Crippen LogP contribution in [0.15, 0.2) is 24.3 Å². The fraction of sp³-hybridized carbons (Fsp3) is 0.625. The van der Waals surface area contributed by atoms with Crippen molar-refractivity contribution in [3.63, 3.8) is 0 Å². The Bertz CT molecular complexity index is 414. The standard InChI is InChI=1S/C16H26N2O3/c1-12-8-18(9-13(2)21-12)10-15(19)11-20-16-5-3-14(7-17)4-6-16/h3-6,12-13,15,19H,7-11,17H2,1-2H3/t12-,13+,15?. The van der Waals surface area contributed by atoms with E-state index in [0.29, 0.717) is 19.7 Å². The van der Waals surface area contributed by atoms with Crippen molar-refractivity contribution in [2.45, 2.75) is 38.7 Å². The van der Waals surface area contributed by atoms with Gasteiger partial charge in [0.1, 0.15) is 18.5 Å². The Balaban J connectivity index is 1.74. The zero-order valence-corrected chi connectivity index (χ0v) is 12.9. The molecule has 1 aromatic carbocycles. The Hall–Kier alpha value is -1.14. The van der Waals surface area contributed by atoms with Crippen LogP contribution in [0, 0.1) is 0 Å². The van der Waals surface area contributed by atoms with Gasteiger partial charge in [0.15, 0.2) is 0 Å². The number of hydrogen-bond donors (Lipinski definition) is 2. The van der Waals surface area contributed by atoms with Gasteiger partial charge in [0.2, 0.25) is 0 Å². The van der Waals surface area contributed by atoms with Gasteiger partial charge in [0.05, 0.1) is 12.2 Å². The lowest BCUT2D eigenvalue weighted by atomic mass is 10.2. The maximum Gasteiger partial charge on any atom is 0.119 e. The molecule has 2 rings (SSSR count). The summed E-state index contributed by atoms with van der Waals surface area (Å²) >= 11 is 0. The van der Waals surface area contributed by atoms with Crippen molar-refractivity contribution >= 4 is 0 Å². The van der Waals surface area contributed by atoms with Crippen LogP contribution in [0.2, 0.25) is 0 Å². The average Bonchev–Trinajstić information content (AvgIpc) is 2.44. The summed E-state index contributed by atoms with van der Waals surface area (Å²) in [4.78, 5) is 2.23. The van der Waals surface area contributed by atoms with Crippen molar-refractivity contribution in [2.75, 3.05) is 26.2 Å². The third-order valence-corrected chi connectivity index (χ3v) is 3.57. The number of ether oxygens (including phenoxy) is 2. The molecule has 118 valence electrons. The van der Waals surface area contributed by atoms with Crippen LogP contribution in [-0.4, -0.2) is 54.6 Å². The molecule has 1 aromatic rings. The number of nitrogens with two attached hydrogens (primary N) is 1. The van der Waals surface area contributed by atoms with E-state index >= 15 is 0 Å². The van der Waals surface area contributed by atoms with Crippen LogP contribution in [0.1, 0.15) is 19.4 Å². The summed E-state index contributed by atoms with van der Waals surface area (Å²) in [6.45, 7) is 7.26. The van der Waals surface area contributed by atoms with Gasteiger partial charge in [-0.1, -0.05) is 12.1 Å². The minimum atomic E-state index is -0.503. The van der Waals surface area contributed by atoms with Gasteiger partial charge in [-0.05, 0) is 31.5 Å². The van der Waals surface area contributed by atoms with Gasteiger partial charge in [-0.3, -0.25) is 4.90 Å². The lowest BCUT2D eigenvalue weighted by molar-refractivity contribution is -0.0786. The number of β-amino-alcohol motifs (C(OH)–C–C–N with tert-alkyl or cyclic N) is 1. The SMILES string of the molecule is C[C@@H]1CN(CC(O)COc2ccc(CN)cc2)C[C@H](C)O1. The highest BCUT2D eigenvalue weighted by atomic mass is 16.5. The number of hydrogen-bond acceptors (Lipinski definition) is 5. The van der Waals surface area contributed by atoms with Gasteiger partial charge in [-0.2, -0.15) is 0 Å². The van der Waals surface area contributed by atoms with E-state index in [1.807, 2.05) is 24.3 Å².